The average molecular weight is 277 g/mol. The molecular weight excluding hydrogens is 261 g/mol. The van der Waals surface area contributed by atoms with Crippen molar-refractivity contribution in [2.75, 3.05) is 13.2 Å². The number of hydrogen-bond acceptors (Lipinski definition) is 2. The second-order valence-electron chi connectivity index (χ2n) is 3.99. The Morgan fingerprint density at radius 2 is 1.47 bits per heavy atom. The van der Waals surface area contributed by atoms with Gasteiger partial charge >= 0.3 is 6.36 Å². The number of ether oxygens (including phenoxy) is 2. The second-order valence-corrected chi connectivity index (χ2v) is 3.99. The summed E-state index contributed by atoms with van der Waals surface area (Å²) < 4.78 is 44.8. The van der Waals surface area contributed by atoms with Crippen molar-refractivity contribution in [3.05, 3.63) is 24.3 Å². The van der Waals surface area contributed by atoms with Crippen LogP contribution in [0.25, 0.3) is 0 Å². The van der Waals surface area contributed by atoms with E-state index in [2.05, 4.69) is 4.74 Å². The van der Waals surface area contributed by atoms with Crippen molar-refractivity contribution in [1.29, 1.82) is 0 Å². The van der Waals surface area contributed by atoms with Gasteiger partial charge in [-0.25, -0.2) is 5.11 Å². The highest BCUT2D eigenvalue weighted by Crippen LogP contribution is 2.24. The SMILES string of the molecule is [O]CCCCCCOc1ccc(OC(F)(F)F)cc1. The lowest BCUT2D eigenvalue weighted by Crippen LogP contribution is -2.16. The Kier molecular flexibility index (Phi) is 6.49. The van der Waals surface area contributed by atoms with E-state index in [-0.39, 0.29) is 12.4 Å². The third kappa shape index (κ3) is 7.56. The maximum Gasteiger partial charge on any atom is 0.573 e. The quantitative estimate of drug-likeness (QED) is 0.675. The van der Waals surface area contributed by atoms with Crippen molar-refractivity contribution in [2.45, 2.75) is 32.0 Å². The fraction of sp³-hybridized carbons (Fsp3) is 0.538. The van der Waals surface area contributed by atoms with Crippen molar-refractivity contribution < 1.29 is 27.8 Å². The summed E-state index contributed by atoms with van der Waals surface area (Å²) in [6.45, 7) is 0.430. The topological polar surface area (TPSA) is 38.4 Å². The van der Waals surface area contributed by atoms with E-state index in [0.717, 1.165) is 19.3 Å². The summed E-state index contributed by atoms with van der Waals surface area (Å²) in [5.41, 5.74) is 0. The van der Waals surface area contributed by atoms with E-state index in [9.17, 15) is 18.3 Å². The van der Waals surface area contributed by atoms with Gasteiger partial charge in [-0.1, -0.05) is 6.42 Å². The minimum absolute atomic E-state index is 0.0540. The van der Waals surface area contributed by atoms with Crippen LogP contribution >= 0.6 is 0 Å². The molecule has 0 aromatic heterocycles. The summed E-state index contributed by atoms with van der Waals surface area (Å²) in [5.74, 6) is 0.230. The van der Waals surface area contributed by atoms with Crippen molar-refractivity contribution in [2.24, 2.45) is 0 Å². The monoisotopic (exact) mass is 277 g/mol. The molecule has 0 atom stereocenters. The molecule has 6 heteroatoms. The number of halogens is 3. The number of hydrogen-bond donors (Lipinski definition) is 0. The average Bonchev–Trinajstić information content (AvgIpc) is 2.34. The van der Waals surface area contributed by atoms with E-state index in [1.165, 1.54) is 24.3 Å². The van der Waals surface area contributed by atoms with Crippen LogP contribution in [0.4, 0.5) is 13.2 Å². The highest BCUT2D eigenvalue weighted by molar-refractivity contribution is 5.31. The molecule has 0 aliphatic heterocycles. The number of alkyl halides is 3. The van der Waals surface area contributed by atoms with Crippen LogP contribution in [0.3, 0.4) is 0 Å². The van der Waals surface area contributed by atoms with E-state index in [1.807, 2.05) is 0 Å². The highest BCUT2D eigenvalue weighted by atomic mass is 19.4. The lowest BCUT2D eigenvalue weighted by molar-refractivity contribution is -0.274. The van der Waals surface area contributed by atoms with Crippen LogP contribution in [-0.4, -0.2) is 19.6 Å². The minimum Gasteiger partial charge on any atom is -0.494 e. The molecular formula is C13H16F3O3. The predicted octanol–water partition coefficient (Wildman–Crippen LogP) is 3.95. The Morgan fingerprint density at radius 3 is 2.05 bits per heavy atom. The van der Waals surface area contributed by atoms with E-state index in [0.29, 0.717) is 18.8 Å². The molecule has 1 aromatic rings. The summed E-state index contributed by atoms with van der Waals surface area (Å²) in [4.78, 5) is 0. The van der Waals surface area contributed by atoms with Crippen molar-refractivity contribution in [1.82, 2.24) is 0 Å². The summed E-state index contributed by atoms with van der Waals surface area (Å²) in [7, 11) is 0. The molecule has 1 rings (SSSR count). The molecule has 0 aliphatic carbocycles. The predicted molar refractivity (Wildman–Crippen MR) is 62.6 cm³/mol. The largest absolute Gasteiger partial charge is 0.573 e. The van der Waals surface area contributed by atoms with E-state index >= 15 is 0 Å². The molecule has 0 saturated carbocycles. The zero-order valence-electron chi connectivity index (χ0n) is 10.4. The van der Waals surface area contributed by atoms with Gasteiger partial charge < -0.3 is 9.47 Å². The zero-order valence-corrected chi connectivity index (χ0v) is 10.4. The molecule has 0 amide bonds. The summed E-state index contributed by atoms with van der Waals surface area (Å²) >= 11 is 0. The fourth-order valence-corrected chi connectivity index (χ4v) is 1.49. The molecule has 0 fully saturated rings. The molecule has 0 saturated heterocycles. The zero-order chi connectivity index (χ0) is 14.1. The molecule has 0 bridgehead atoms. The molecule has 107 valence electrons. The van der Waals surface area contributed by atoms with Gasteiger partial charge in [-0.3, -0.25) is 0 Å². The van der Waals surface area contributed by atoms with Crippen molar-refractivity contribution in [3.63, 3.8) is 0 Å². The Bertz CT molecular complexity index is 349. The maximum atomic E-state index is 11.9. The summed E-state index contributed by atoms with van der Waals surface area (Å²) in [6.07, 6.45) is -1.39. The van der Waals surface area contributed by atoms with Gasteiger partial charge in [0.25, 0.3) is 0 Å². The number of rotatable bonds is 8. The number of benzene rings is 1. The van der Waals surface area contributed by atoms with Gasteiger partial charge in [-0.15, -0.1) is 13.2 Å². The van der Waals surface area contributed by atoms with Gasteiger partial charge in [0.15, 0.2) is 0 Å². The van der Waals surface area contributed by atoms with Gasteiger partial charge in [0, 0.05) is 0 Å². The first-order chi connectivity index (χ1) is 9.01. The van der Waals surface area contributed by atoms with Crippen LogP contribution < -0.4 is 9.47 Å². The Balaban J connectivity index is 2.25. The normalized spacial score (nSPS) is 11.4. The molecule has 19 heavy (non-hydrogen) atoms. The van der Waals surface area contributed by atoms with Gasteiger partial charge in [-0.2, -0.15) is 0 Å². The van der Waals surface area contributed by atoms with Crippen molar-refractivity contribution >= 4 is 0 Å². The maximum absolute atomic E-state index is 11.9. The van der Waals surface area contributed by atoms with Crippen LogP contribution in [-0.2, 0) is 5.11 Å². The van der Waals surface area contributed by atoms with Crippen LogP contribution in [0.2, 0.25) is 0 Å². The minimum atomic E-state index is -4.68. The first kappa shape index (κ1) is 15.6. The first-order valence-corrected chi connectivity index (χ1v) is 6.08. The molecule has 1 radical (unpaired) electrons. The second kappa shape index (κ2) is 7.89. The standard InChI is InChI=1S/C13H16F3O3/c14-13(15,16)19-12-7-5-11(6-8-12)18-10-4-2-1-3-9-17/h5-8H,1-4,9-10H2. The number of unbranched alkanes of at least 4 members (excludes halogenated alkanes) is 3. The molecule has 3 nitrogen and oxygen atoms in total. The molecule has 1 aromatic carbocycles. The van der Waals surface area contributed by atoms with E-state index in [1.54, 1.807) is 0 Å². The molecule has 0 unspecified atom stereocenters. The lowest BCUT2D eigenvalue weighted by atomic mass is 10.2. The fourth-order valence-electron chi connectivity index (χ4n) is 1.49. The third-order valence-electron chi connectivity index (χ3n) is 2.36. The molecule has 0 aliphatic rings. The van der Waals surface area contributed by atoms with Crippen molar-refractivity contribution in [3.8, 4) is 11.5 Å². The molecule has 0 heterocycles. The summed E-state index contributed by atoms with van der Waals surface area (Å²) in [5, 5.41) is 10.2. The van der Waals surface area contributed by atoms with Gasteiger partial charge in [-0.05, 0) is 43.5 Å². The highest BCUT2D eigenvalue weighted by Gasteiger charge is 2.30. The van der Waals surface area contributed by atoms with E-state index in [4.69, 9.17) is 4.74 Å². The van der Waals surface area contributed by atoms with Gasteiger partial charge in [0.1, 0.15) is 11.5 Å². The Labute approximate surface area is 110 Å². The van der Waals surface area contributed by atoms with Crippen LogP contribution in [0, 0.1) is 0 Å². The Morgan fingerprint density at radius 1 is 0.895 bits per heavy atom. The first-order valence-electron chi connectivity index (χ1n) is 6.08. The smallest absolute Gasteiger partial charge is 0.494 e. The molecule has 0 spiro atoms. The third-order valence-corrected chi connectivity index (χ3v) is 2.36. The Hall–Kier alpha value is -1.43. The van der Waals surface area contributed by atoms with Gasteiger partial charge in [0.2, 0.25) is 0 Å². The van der Waals surface area contributed by atoms with Gasteiger partial charge in [0.05, 0.1) is 13.2 Å². The molecule has 0 N–H and O–H groups in total. The lowest BCUT2D eigenvalue weighted by Gasteiger charge is -2.10. The van der Waals surface area contributed by atoms with E-state index < -0.39 is 6.36 Å². The van der Waals surface area contributed by atoms with Crippen LogP contribution in [0.15, 0.2) is 24.3 Å². The summed E-state index contributed by atoms with van der Waals surface area (Å²) in [6, 6.07) is 5.28. The van der Waals surface area contributed by atoms with Crippen LogP contribution in [0.1, 0.15) is 25.7 Å². The van der Waals surface area contributed by atoms with Crippen LogP contribution in [0.5, 0.6) is 11.5 Å².